The maximum Gasteiger partial charge on any atom is 0.397 e. The van der Waals surface area contributed by atoms with Crippen LogP contribution >= 0.6 is 0 Å². The largest absolute Gasteiger partial charge is 0.397 e. The molecular formula is C21H30O7S. The first-order chi connectivity index (χ1) is 13.5. The lowest BCUT2D eigenvalue weighted by Crippen LogP contribution is -2.58. The fourth-order valence-electron chi connectivity index (χ4n) is 7.54. The standard InChI is InChI=1S/C21H30O7S/c1-20-8-7-13(23)9-12(20)3-4-14-15-5-6-16(17(24)11-22)21(15,2)10-18(19(14)20)28-29(25,26)27/h9,14-16,18-19,22H,3-8,10-11H2,1-2H3,(H,25,26,27)/t14-,15-,16+,18-,19+,20-,21-/m0/s1. The molecule has 7 nitrogen and oxygen atoms in total. The molecule has 7 atom stereocenters. The molecule has 0 saturated heterocycles. The van der Waals surface area contributed by atoms with E-state index in [2.05, 4.69) is 6.92 Å². The highest BCUT2D eigenvalue weighted by atomic mass is 32.3. The van der Waals surface area contributed by atoms with Gasteiger partial charge in [-0.25, -0.2) is 4.18 Å². The van der Waals surface area contributed by atoms with E-state index in [1.807, 2.05) is 6.92 Å². The Morgan fingerprint density at radius 2 is 1.97 bits per heavy atom. The number of carbonyl (C=O) groups is 2. The van der Waals surface area contributed by atoms with E-state index in [1.54, 1.807) is 6.08 Å². The number of ketones is 2. The zero-order valence-electron chi connectivity index (χ0n) is 17.0. The molecule has 0 aromatic heterocycles. The summed E-state index contributed by atoms with van der Waals surface area (Å²) >= 11 is 0. The Kier molecular flexibility index (Phi) is 5.08. The maximum atomic E-state index is 12.4. The molecule has 2 N–H and O–H groups in total. The smallest absolute Gasteiger partial charge is 0.389 e. The molecule has 162 valence electrons. The minimum Gasteiger partial charge on any atom is -0.389 e. The summed E-state index contributed by atoms with van der Waals surface area (Å²) in [5, 5.41) is 9.45. The highest BCUT2D eigenvalue weighted by Gasteiger charge is 2.64. The molecule has 3 fully saturated rings. The van der Waals surface area contributed by atoms with E-state index < -0.39 is 28.5 Å². The zero-order chi connectivity index (χ0) is 21.2. The van der Waals surface area contributed by atoms with Gasteiger partial charge in [0.1, 0.15) is 6.61 Å². The van der Waals surface area contributed by atoms with Crippen molar-refractivity contribution in [1.82, 2.24) is 0 Å². The monoisotopic (exact) mass is 426 g/mol. The van der Waals surface area contributed by atoms with Crippen molar-refractivity contribution in [3.8, 4) is 0 Å². The minimum absolute atomic E-state index is 0.110. The highest BCUT2D eigenvalue weighted by molar-refractivity contribution is 7.80. The molecular weight excluding hydrogens is 396 g/mol. The molecule has 4 aliphatic rings. The fraction of sp³-hybridized carbons (Fsp3) is 0.810. The van der Waals surface area contributed by atoms with Gasteiger partial charge in [0.2, 0.25) is 0 Å². The minimum atomic E-state index is -4.67. The number of carbonyl (C=O) groups excluding carboxylic acids is 2. The van der Waals surface area contributed by atoms with Crippen molar-refractivity contribution in [3.63, 3.8) is 0 Å². The van der Waals surface area contributed by atoms with Crippen LogP contribution in [-0.4, -0.2) is 42.4 Å². The van der Waals surface area contributed by atoms with Crippen molar-refractivity contribution in [2.45, 2.75) is 64.9 Å². The van der Waals surface area contributed by atoms with Gasteiger partial charge in [-0.3, -0.25) is 14.1 Å². The Hall–Kier alpha value is -1.09. The Bertz CT molecular complexity index is 862. The maximum absolute atomic E-state index is 12.4. The van der Waals surface area contributed by atoms with Crippen molar-refractivity contribution in [2.24, 2.45) is 34.5 Å². The molecule has 0 unspecified atom stereocenters. The highest BCUT2D eigenvalue weighted by Crippen LogP contribution is 2.67. The summed E-state index contributed by atoms with van der Waals surface area (Å²) in [6.07, 6.45) is 5.52. The number of rotatable bonds is 4. The molecule has 0 amide bonds. The average Bonchev–Trinajstić information content (AvgIpc) is 2.96. The van der Waals surface area contributed by atoms with Gasteiger partial charge in [-0.05, 0) is 73.2 Å². The molecule has 0 spiro atoms. The predicted molar refractivity (Wildman–Crippen MR) is 104 cm³/mol. The lowest BCUT2D eigenvalue weighted by atomic mass is 9.46. The van der Waals surface area contributed by atoms with E-state index in [1.165, 1.54) is 0 Å². The average molecular weight is 427 g/mol. The first-order valence-corrected chi connectivity index (χ1v) is 11.9. The normalized spacial score (nSPS) is 44.5. The number of allylic oxidation sites excluding steroid dienone is 1. The lowest BCUT2D eigenvalue weighted by molar-refractivity contribution is -0.143. The third-order valence-corrected chi connectivity index (χ3v) is 9.15. The lowest BCUT2D eigenvalue weighted by Gasteiger charge is -2.60. The van der Waals surface area contributed by atoms with Crippen LogP contribution in [0.25, 0.3) is 0 Å². The second kappa shape index (κ2) is 6.97. The van der Waals surface area contributed by atoms with E-state index in [9.17, 15) is 27.7 Å². The van der Waals surface area contributed by atoms with Crippen molar-refractivity contribution in [1.29, 1.82) is 0 Å². The molecule has 0 bridgehead atoms. The molecule has 3 saturated carbocycles. The number of hydrogen-bond donors (Lipinski definition) is 2. The Labute approximate surface area is 171 Å². The van der Waals surface area contributed by atoms with Gasteiger partial charge in [-0.15, -0.1) is 0 Å². The zero-order valence-corrected chi connectivity index (χ0v) is 17.8. The van der Waals surface area contributed by atoms with Crippen LogP contribution in [0.3, 0.4) is 0 Å². The molecule has 0 aliphatic heterocycles. The van der Waals surface area contributed by atoms with Gasteiger partial charge in [-0.1, -0.05) is 19.4 Å². The van der Waals surface area contributed by atoms with Crippen molar-refractivity contribution >= 4 is 22.0 Å². The Morgan fingerprint density at radius 3 is 2.62 bits per heavy atom. The van der Waals surface area contributed by atoms with Crippen LogP contribution in [0.2, 0.25) is 0 Å². The van der Waals surface area contributed by atoms with Gasteiger partial charge in [0.15, 0.2) is 11.6 Å². The third-order valence-electron chi connectivity index (χ3n) is 8.66. The van der Waals surface area contributed by atoms with E-state index in [-0.39, 0.29) is 40.7 Å². The third kappa shape index (κ3) is 3.32. The molecule has 0 aromatic rings. The second-order valence-corrected chi connectivity index (χ2v) is 11.0. The molecule has 4 aliphatic carbocycles. The van der Waals surface area contributed by atoms with Gasteiger partial charge in [0, 0.05) is 12.3 Å². The quantitative estimate of drug-likeness (QED) is 0.663. The molecule has 4 rings (SSSR count). The van der Waals surface area contributed by atoms with Crippen molar-refractivity contribution in [3.05, 3.63) is 11.6 Å². The van der Waals surface area contributed by atoms with Crippen LogP contribution in [0.1, 0.15) is 58.8 Å². The van der Waals surface area contributed by atoms with Gasteiger partial charge in [0.05, 0.1) is 6.10 Å². The summed E-state index contributed by atoms with van der Waals surface area (Å²) in [5.41, 5.74) is 0.230. The number of fused-ring (bicyclic) bond motifs is 5. The van der Waals surface area contributed by atoms with Gasteiger partial charge >= 0.3 is 10.4 Å². The van der Waals surface area contributed by atoms with Crippen LogP contribution in [0, 0.1) is 34.5 Å². The number of hydrogen-bond acceptors (Lipinski definition) is 6. The first kappa shape index (κ1) is 21.2. The Morgan fingerprint density at radius 1 is 1.24 bits per heavy atom. The Balaban J connectivity index is 1.78. The van der Waals surface area contributed by atoms with Gasteiger partial charge in [-0.2, -0.15) is 8.42 Å². The molecule has 0 heterocycles. The number of aliphatic hydroxyl groups excluding tert-OH is 1. The van der Waals surface area contributed by atoms with Crippen LogP contribution < -0.4 is 0 Å². The molecule has 0 radical (unpaired) electrons. The second-order valence-electron chi connectivity index (χ2n) is 9.91. The van der Waals surface area contributed by atoms with Crippen LogP contribution in [0.15, 0.2) is 11.6 Å². The van der Waals surface area contributed by atoms with Gasteiger partial charge in [0.25, 0.3) is 0 Å². The fourth-order valence-corrected chi connectivity index (χ4v) is 8.04. The first-order valence-electron chi connectivity index (χ1n) is 10.5. The number of Topliss-reactive ketones (excluding diaryl/α,β-unsaturated/α-hetero) is 1. The van der Waals surface area contributed by atoms with E-state index in [4.69, 9.17) is 4.18 Å². The van der Waals surface area contributed by atoms with E-state index in [0.717, 1.165) is 24.8 Å². The molecule has 8 heteroatoms. The van der Waals surface area contributed by atoms with Crippen LogP contribution in [0.4, 0.5) is 0 Å². The predicted octanol–water partition coefficient (Wildman–Crippen LogP) is 2.49. The number of aliphatic hydroxyl groups is 1. The van der Waals surface area contributed by atoms with Crippen molar-refractivity contribution in [2.75, 3.05) is 6.61 Å². The molecule has 0 aromatic carbocycles. The summed E-state index contributed by atoms with van der Waals surface area (Å²) in [6, 6.07) is 0. The topological polar surface area (TPSA) is 118 Å². The van der Waals surface area contributed by atoms with Gasteiger partial charge < -0.3 is 5.11 Å². The van der Waals surface area contributed by atoms with Crippen LogP contribution in [0.5, 0.6) is 0 Å². The van der Waals surface area contributed by atoms with E-state index in [0.29, 0.717) is 25.7 Å². The summed E-state index contributed by atoms with van der Waals surface area (Å²) in [4.78, 5) is 24.5. The summed E-state index contributed by atoms with van der Waals surface area (Å²) < 4.78 is 38.2. The van der Waals surface area contributed by atoms with Crippen LogP contribution in [-0.2, 0) is 24.2 Å². The SMILES string of the molecule is C[C@]12C[C@H](OS(=O)(=O)O)[C@H]3[C@@H](CCC4=CC(=O)CC[C@@]43C)[C@@H]1CC[C@@H]2C(=O)CO. The molecule has 29 heavy (non-hydrogen) atoms. The summed E-state index contributed by atoms with van der Waals surface area (Å²) in [5.74, 6) is -0.192. The summed E-state index contributed by atoms with van der Waals surface area (Å²) in [7, 11) is -4.67. The van der Waals surface area contributed by atoms with E-state index >= 15 is 0 Å². The summed E-state index contributed by atoms with van der Waals surface area (Å²) in [6.45, 7) is 3.59. The van der Waals surface area contributed by atoms with Crippen molar-refractivity contribution < 1.29 is 31.8 Å².